The van der Waals surface area contributed by atoms with E-state index in [0.29, 0.717) is 13.0 Å². The van der Waals surface area contributed by atoms with Crippen LogP contribution < -0.4 is 10.6 Å². The lowest BCUT2D eigenvalue weighted by Crippen LogP contribution is -2.40. The number of anilines is 1. The molecule has 1 unspecified atom stereocenters. The van der Waals surface area contributed by atoms with E-state index >= 15 is 0 Å². The molecule has 1 aromatic rings. The molecule has 1 amide bonds. The van der Waals surface area contributed by atoms with Crippen LogP contribution in [0.15, 0.2) is 39.7 Å². The number of cyclic esters (lactones) is 1. The Kier molecular flexibility index (Phi) is 3.54. The van der Waals surface area contributed by atoms with E-state index in [0.717, 1.165) is 24.1 Å². The summed E-state index contributed by atoms with van der Waals surface area (Å²) in [6, 6.07) is 9.95. The van der Waals surface area contributed by atoms with Crippen LogP contribution in [0.25, 0.3) is 0 Å². The number of nitrogens with zero attached hydrogens (tertiary/aromatic N) is 5. The first-order chi connectivity index (χ1) is 12.1. The molecule has 2 N–H and O–H groups in total. The molecule has 3 aliphatic rings. The largest absolute Gasteiger partial charge is 0.444 e. The minimum atomic E-state index is -0.685. The molecule has 1 saturated heterocycles. The highest BCUT2D eigenvalue weighted by Crippen LogP contribution is 2.47. The van der Waals surface area contributed by atoms with Gasteiger partial charge in [0.05, 0.1) is 24.2 Å². The highest BCUT2D eigenvalue weighted by Gasteiger charge is 2.45. The second kappa shape index (κ2) is 5.63. The van der Waals surface area contributed by atoms with Gasteiger partial charge in [-0.05, 0) is 35.8 Å². The van der Waals surface area contributed by atoms with Crippen LogP contribution in [-0.2, 0) is 10.2 Å². The number of benzene rings is 1. The summed E-state index contributed by atoms with van der Waals surface area (Å²) < 4.78 is 5.46. The van der Waals surface area contributed by atoms with Gasteiger partial charge in [-0.15, -0.1) is 5.10 Å². The Morgan fingerprint density at radius 2 is 2.12 bits per heavy atom. The van der Waals surface area contributed by atoms with E-state index in [9.17, 15) is 10.1 Å². The van der Waals surface area contributed by atoms with Gasteiger partial charge in [0.25, 0.3) is 0 Å². The summed E-state index contributed by atoms with van der Waals surface area (Å²) >= 11 is 0. The molecular formula is C17H18N6O2. The van der Waals surface area contributed by atoms with Crippen LogP contribution in [0.4, 0.5) is 10.5 Å². The van der Waals surface area contributed by atoms with Crippen molar-refractivity contribution in [3.8, 4) is 6.07 Å². The molecule has 4 rings (SSSR count). The average Bonchev–Trinajstić information content (AvgIpc) is 3.17. The Morgan fingerprint density at radius 3 is 2.68 bits per heavy atom. The Morgan fingerprint density at radius 1 is 1.36 bits per heavy atom. The SMILES string of the molecule is N#CC1(c2ccc(N3C[C@@H](CC4(CN)C=NN=N4)OC3=O)cc2)CC1. The molecule has 8 heteroatoms. The number of nitrogens with two attached hydrogens (primary N) is 1. The summed E-state index contributed by atoms with van der Waals surface area (Å²) in [5.74, 6) is 0. The Balaban J connectivity index is 1.47. The molecule has 2 aliphatic heterocycles. The van der Waals surface area contributed by atoms with Gasteiger partial charge in [-0.1, -0.05) is 12.1 Å². The summed E-state index contributed by atoms with van der Waals surface area (Å²) in [6.45, 7) is 0.686. The van der Waals surface area contributed by atoms with E-state index in [1.54, 1.807) is 11.1 Å². The van der Waals surface area contributed by atoms with Gasteiger partial charge in [0.1, 0.15) is 11.6 Å². The predicted molar refractivity (Wildman–Crippen MR) is 90.3 cm³/mol. The van der Waals surface area contributed by atoms with Crippen molar-refractivity contribution in [1.82, 2.24) is 0 Å². The minimum Gasteiger partial charge on any atom is -0.444 e. The van der Waals surface area contributed by atoms with E-state index in [4.69, 9.17) is 10.5 Å². The fourth-order valence-corrected chi connectivity index (χ4v) is 3.33. The van der Waals surface area contributed by atoms with E-state index < -0.39 is 11.6 Å². The van der Waals surface area contributed by atoms with Gasteiger partial charge in [-0.3, -0.25) is 4.90 Å². The highest BCUT2D eigenvalue weighted by atomic mass is 16.6. The molecule has 1 aromatic carbocycles. The minimum absolute atomic E-state index is 0.263. The second-order valence-corrected chi connectivity index (χ2v) is 6.80. The van der Waals surface area contributed by atoms with Gasteiger partial charge in [0.2, 0.25) is 0 Å². The molecule has 25 heavy (non-hydrogen) atoms. The van der Waals surface area contributed by atoms with Crippen LogP contribution in [0.5, 0.6) is 0 Å². The van der Waals surface area contributed by atoms with Crippen LogP contribution in [0.2, 0.25) is 0 Å². The summed E-state index contributed by atoms with van der Waals surface area (Å²) in [7, 11) is 0. The van der Waals surface area contributed by atoms with E-state index in [1.165, 1.54) is 0 Å². The number of nitriles is 1. The first kappa shape index (κ1) is 15.7. The fourth-order valence-electron chi connectivity index (χ4n) is 3.33. The van der Waals surface area contributed by atoms with E-state index in [-0.39, 0.29) is 18.1 Å². The van der Waals surface area contributed by atoms with Crippen molar-refractivity contribution in [3.05, 3.63) is 29.8 Å². The van der Waals surface area contributed by atoms with Crippen LogP contribution in [-0.4, -0.2) is 37.0 Å². The molecule has 2 heterocycles. The van der Waals surface area contributed by atoms with Crippen LogP contribution >= 0.6 is 0 Å². The molecule has 0 radical (unpaired) electrons. The Bertz CT molecular complexity index is 778. The molecule has 2 fully saturated rings. The van der Waals surface area contributed by atoms with Crippen LogP contribution in [0, 0.1) is 11.3 Å². The molecular weight excluding hydrogens is 320 g/mol. The molecule has 0 bridgehead atoms. The van der Waals surface area contributed by atoms with Crippen molar-refractivity contribution < 1.29 is 9.53 Å². The summed E-state index contributed by atoms with van der Waals surface area (Å²) in [5.41, 5.74) is 6.53. The van der Waals surface area contributed by atoms with Crippen molar-refractivity contribution in [2.45, 2.75) is 36.3 Å². The first-order valence-corrected chi connectivity index (χ1v) is 8.26. The first-order valence-electron chi connectivity index (χ1n) is 8.26. The standard InChI is InChI=1S/C17H18N6O2/c18-9-16(5-6-16)12-1-3-13(4-2-12)23-8-14(25-15(23)24)7-17(10-19)11-20-22-21-17/h1-4,11,14H,5-8,10,19H2/t14-,17?/m1/s1. The normalized spacial score (nSPS) is 28.9. The number of carbonyl (C=O) groups excluding carboxylic acids is 1. The third-order valence-electron chi connectivity index (χ3n) is 5.10. The third kappa shape index (κ3) is 2.66. The van der Waals surface area contributed by atoms with Gasteiger partial charge < -0.3 is 10.5 Å². The molecule has 1 aliphatic carbocycles. The third-order valence-corrected chi connectivity index (χ3v) is 5.10. The smallest absolute Gasteiger partial charge is 0.414 e. The lowest BCUT2D eigenvalue weighted by Gasteiger charge is -2.21. The number of rotatable bonds is 5. The maximum atomic E-state index is 12.2. The predicted octanol–water partition coefficient (Wildman–Crippen LogP) is 2.11. The zero-order chi connectivity index (χ0) is 17.5. The zero-order valence-corrected chi connectivity index (χ0v) is 13.6. The molecule has 0 aromatic heterocycles. The average molecular weight is 338 g/mol. The molecule has 1 saturated carbocycles. The van der Waals surface area contributed by atoms with Gasteiger partial charge in [0, 0.05) is 18.7 Å². The van der Waals surface area contributed by atoms with Gasteiger partial charge >= 0.3 is 6.09 Å². The zero-order valence-electron chi connectivity index (χ0n) is 13.6. The topological polar surface area (TPSA) is 116 Å². The Labute approximate surface area is 145 Å². The van der Waals surface area contributed by atoms with Crippen molar-refractivity contribution in [2.75, 3.05) is 18.0 Å². The number of hydrogen-bond acceptors (Lipinski definition) is 7. The van der Waals surface area contributed by atoms with Gasteiger partial charge in [0.15, 0.2) is 0 Å². The van der Waals surface area contributed by atoms with E-state index in [1.807, 2.05) is 24.3 Å². The summed E-state index contributed by atoms with van der Waals surface area (Å²) in [4.78, 5) is 13.8. The van der Waals surface area contributed by atoms with Crippen molar-refractivity contribution in [1.29, 1.82) is 5.26 Å². The maximum absolute atomic E-state index is 12.2. The maximum Gasteiger partial charge on any atom is 0.414 e. The molecule has 2 atom stereocenters. The molecule has 8 nitrogen and oxygen atoms in total. The van der Waals surface area contributed by atoms with Gasteiger partial charge in [-0.2, -0.15) is 10.4 Å². The number of carbonyl (C=O) groups is 1. The van der Waals surface area contributed by atoms with Crippen molar-refractivity contribution >= 4 is 18.0 Å². The Hall–Kier alpha value is -2.79. The quantitative estimate of drug-likeness (QED) is 0.884. The molecule has 0 spiro atoms. The second-order valence-electron chi connectivity index (χ2n) is 6.80. The lowest BCUT2D eigenvalue weighted by molar-refractivity contribution is 0.129. The van der Waals surface area contributed by atoms with E-state index in [2.05, 4.69) is 21.5 Å². The van der Waals surface area contributed by atoms with Crippen LogP contribution in [0.3, 0.4) is 0 Å². The highest BCUT2D eigenvalue weighted by molar-refractivity contribution is 5.90. The molecule has 128 valence electrons. The number of amides is 1. The van der Waals surface area contributed by atoms with Crippen molar-refractivity contribution in [3.63, 3.8) is 0 Å². The summed E-state index contributed by atoms with van der Waals surface area (Å²) in [5, 5.41) is 20.7. The number of hydrogen-bond donors (Lipinski definition) is 1. The fraction of sp³-hybridized carbons (Fsp3) is 0.471. The number of ether oxygens (including phenoxy) is 1. The monoisotopic (exact) mass is 338 g/mol. The van der Waals surface area contributed by atoms with Gasteiger partial charge in [-0.25, -0.2) is 4.79 Å². The lowest BCUT2D eigenvalue weighted by atomic mass is 9.94. The summed E-state index contributed by atoms with van der Waals surface area (Å²) in [6.07, 6.45) is 3.14. The van der Waals surface area contributed by atoms with Crippen molar-refractivity contribution in [2.24, 2.45) is 21.2 Å². The van der Waals surface area contributed by atoms with Crippen LogP contribution in [0.1, 0.15) is 24.8 Å².